The summed E-state index contributed by atoms with van der Waals surface area (Å²) in [7, 11) is 3.03. The Morgan fingerprint density at radius 2 is 1.22 bits per heavy atom. The van der Waals surface area contributed by atoms with E-state index in [1.807, 2.05) is 0 Å². The van der Waals surface area contributed by atoms with Crippen LogP contribution in [0.4, 0.5) is 4.79 Å². The van der Waals surface area contributed by atoms with Crippen molar-refractivity contribution in [1.29, 1.82) is 5.41 Å². The molecular formula is C66H96IN19O21S4. The largest absolute Gasteiger partial charge is 0.508 e. The van der Waals surface area contributed by atoms with Gasteiger partial charge in [-0.15, -0.1) is 0 Å². The molecular weight excluding hydrogens is 1650 g/mol. The Kier molecular flexibility index (Phi) is 36.2. The molecule has 45 heteroatoms. The van der Waals surface area contributed by atoms with Crippen LogP contribution in [0.5, 0.6) is 11.5 Å². The fourth-order valence-corrected chi connectivity index (χ4v) is 17.2. The summed E-state index contributed by atoms with van der Waals surface area (Å²) >= 11 is 1.80. The molecule has 0 radical (unpaired) electrons. The van der Waals surface area contributed by atoms with Gasteiger partial charge >= 0.3 is 18.0 Å². The highest BCUT2D eigenvalue weighted by Crippen LogP contribution is 2.47. The summed E-state index contributed by atoms with van der Waals surface area (Å²) in [5.74, 6) is -20.0. The highest BCUT2D eigenvalue weighted by molar-refractivity contribution is 14.1. The first-order chi connectivity index (χ1) is 52.1. The molecule has 3 heterocycles. The molecule has 2 aromatic rings. The van der Waals surface area contributed by atoms with E-state index in [2.05, 4.69) is 69.1 Å². The molecule has 27 N–H and O–H groups in total. The number of aliphatic hydroxyl groups is 1. The quantitative estimate of drug-likeness (QED) is 0.0163. The number of primary amides is 2. The smallest absolute Gasteiger partial charge is 0.326 e. The van der Waals surface area contributed by atoms with Crippen molar-refractivity contribution < 1.29 is 102 Å². The molecule has 0 spiro atoms. The van der Waals surface area contributed by atoms with Gasteiger partial charge < -0.3 is 122 Å². The maximum atomic E-state index is 15.3. The zero-order chi connectivity index (χ0) is 82.8. The third-order valence-corrected chi connectivity index (χ3v) is 25.0. The summed E-state index contributed by atoms with van der Waals surface area (Å²) in [6.07, 6.45) is -6.08. The molecule has 3 saturated heterocycles. The molecule has 0 aromatic heterocycles. The van der Waals surface area contributed by atoms with Crippen LogP contribution in [0.15, 0.2) is 42.5 Å². The number of aliphatic carboxylic acids is 2. The van der Waals surface area contributed by atoms with Crippen LogP contribution < -0.4 is 92.1 Å². The number of hydrogen-bond acceptors (Lipinski definition) is 25. The Balaban J connectivity index is 1.85. The Hall–Kier alpha value is -9.32. The molecule has 2 aromatic carbocycles. The first-order valence-corrected chi connectivity index (χ1v) is 40.6. The number of phenols is 2. The van der Waals surface area contributed by atoms with Crippen LogP contribution in [-0.4, -0.2) is 257 Å². The van der Waals surface area contributed by atoms with Crippen LogP contribution in [0.25, 0.3) is 0 Å². The number of carbonyl (C=O) groups is 16. The standard InChI is InChI=1S/C66H96IN19O21S4/c1-30(87)48-58(101)80-39(26-47(92)93)61(104)86-22-8-11-43(86)57(100)78-36(9-6-20-73-63(70)71)52(95)82-42-29-109-108-28-41(75-46(91)27-68)56(99)85-50(60(103)83-48)66(4,5)111-110-65(2,3)49(59(102)81-40(62(105)106)24-31-12-15-33(88)16-13-31)84-53(96)37(17-19-45(69)90)77-54(97)38(25-32-14-18-44(89)34(67)23-32)79-51(94)35(76-55(42)98)10-7-21-74-64(72)107/h12-16,18,23,30,35-43,48-50,87-89H,6-11,17,19-22,24-29,68H2,1-5H3,(H2,69,90)(H,75,91)(H,76,98)(H,77,97)(H,78,100)(H,79,94)(H,80,101)(H,81,102)(H,82,95)(H,83,103)(H,84,96)(H,85,99)(H,92,93)(H,105,106)(H4,70,71,73)(H3,72,74,107)/t30-,35+,36+,37+,38+,39+,40+,41-,42+,43+,48+,49-,50-/m1/s1. The van der Waals surface area contributed by atoms with Crippen molar-refractivity contribution in [3.63, 3.8) is 0 Å². The highest BCUT2D eigenvalue weighted by atomic mass is 127. The second kappa shape index (κ2) is 43.5. The fraction of sp³-hybridized carbons (Fsp3) is 0.561. The Morgan fingerprint density at radius 1 is 0.658 bits per heavy atom. The van der Waals surface area contributed by atoms with Gasteiger partial charge in [-0.3, -0.25) is 72.5 Å². The molecule has 5 rings (SSSR count). The van der Waals surface area contributed by atoms with Gasteiger partial charge in [0, 0.05) is 59.9 Å². The molecule has 3 aliphatic rings. The zero-order valence-electron chi connectivity index (χ0n) is 61.1. The molecule has 0 unspecified atom stereocenters. The lowest BCUT2D eigenvalue weighted by molar-refractivity contribution is -0.146. The number of phenolic OH excluding ortho intramolecular Hbond substituents is 2. The van der Waals surface area contributed by atoms with Crippen molar-refractivity contribution in [2.24, 2.45) is 22.9 Å². The van der Waals surface area contributed by atoms with Crippen molar-refractivity contribution in [3.8, 4) is 11.5 Å². The summed E-state index contributed by atoms with van der Waals surface area (Å²) < 4.78 is -3.37. The van der Waals surface area contributed by atoms with E-state index in [1.165, 1.54) is 70.2 Å². The normalized spacial score (nSPS) is 24.9. The third-order valence-electron chi connectivity index (χ3n) is 17.5. The van der Waals surface area contributed by atoms with Gasteiger partial charge in [0.15, 0.2) is 5.96 Å². The number of rotatable bonds is 23. The summed E-state index contributed by atoms with van der Waals surface area (Å²) in [4.78, 5) is 230. The van der Waals surface area contributed by atoms with Gasteiger partial charge in [-0.1, -0.05) is 61.4 Å². The number of carbonyl (C=O) groups excluding carboxylic acids is 14. The number of aromatic hydroxyl groups is 2. The number of amides is 15. The van der Waals surface area contributed by atoms with Gasteiger partial charge in [0.25, 0.3) is 0 Å². The van der Waals surface area contributed by atoms with Gasteiger partial charge in [-0.05, 0) is 138 Å². The minimum Gasteiger partial charge on any atom is -0.508 e. The van der Waals surface area contributed by atoms with Crippen LogP contribution in [0.1, 0.15) is 104 Å². The number of urea groups is 1. The predicted octanol–water partition coefficient (Wildman–Crippen LogP) is -4.97. The summed E-state index contributed by atoms with van der Waals surface area (Å²) in [6, 6.07) is -13.6. The van der Waals surface area contributed by atoms with Crippen molar-refractivity contribution in [2.45, 2.75) is 193 Å². The van der Waals surface area contributed by atoms with Crippen molar-refractivity contribution in [2.75, 3.05) is 37.7 Å². The van der Waals surface area contributed by atoms with E-state index in [0.29, 0.717) is 5.56 Å². The topological polar surface area (TPSA) is 662 Å². The third kappa shape index (κ3) is 29.4. The number of hydrogen-bond donors (Lipinski definition) is 23. The summed E-state index contributed by atoms with van der Waals surface area (Å²) in [5, 5.41) is 93.0. The first-order valence-electron chi connectivity index (χ1n) is 34.8. The number of halogens is 1. The van der Waals surface area contributed by atoms with E-state index in [1.54, 1.807) is 22.6 Å². The number of carboxylic acids is 2. The van der Waals surface area contributed by atoms with Crippen LogP contribution in [0.3, 0.4) is 0 Å². The highest BCUT2D eigenvalue weighted by Gasteiger charge is 2.48. The van der Waals surface area contributed by atoms with Crippen molar-refractivity contribution >= 4 is 166 Å². The molecule has 3 fully saturated rings. The van der Waals surface area contributed by atoms with Gasteiger partial charge in [-0.2, -0.15) is 0 Å². The zero-order valence-corrected chi connectivity index (χ0v) is 66.5. The van der Waals surface area contributed by atoms with E-state index >= 15 is 38.4 Å². The molecule has 612 valence electrons. The number of nitrogens with two attached hydrogens (primary N) is 4. The number of nitrogens with zero attached hydrogens (tertiary/aromatic N) is 1. The van der Waals surface area contributed by atoms with Crippen LogP contribution in [-0.2, 0) is 84.8 Å². The minimum absolute atomic E-state index is 0.0291. The number of fused-ring (bicyclic) bond motifs is 9. The molecule has 2 bridgehead atoms. The minimum atomic E-state index is -2.12. The number of benzene rings is 2. The average molecular weight is 1750 g/mol. The van der Waals surface area contributed by atoms with E-state index in [4.69, 9.17) is 28.3 Å². The number of nitrogens with one attached hydrogen (secondary N) is 14. The molecule has 40 nitrogen and oxygen atoms in total. The Bertz CT molecular complexity index is 3770. The monoisotopic (exact) mass is 1750 g/mol. The molecule has 3 aliphatic heterocycles. The van der Waals surface area contributed by atoms with Gasteiger partial charge in [0.1, 0.15) is 84.0 Å². The lowest BCUT2D eigenvalue weighted by Crippen LogP contribution is -2.65. The lowest BCUT2D eigenvalue weighted by Gasteiger charge is -2.39. The molecule has 0 aliphatic carbocycles. The number of guanidine groups is 1. The van der Waals surface area contributed by atoms with Gasteiger partial charge in [0.2, 0.25) is 76.8 Å². The summed E-state index contributed by atoms with van der Waals surface area (Å²) in [6.45, 7) is 5.30. The maximum absolute atomic E-state index is 15.3. The van der Waals surface area contributed by atoms with Crippen LogP contribution in [0.2, 0.25) is 0 Å². The Morgan fingerprint density at radius 3 is 1.81 bits per heavy atom. The van der Waals surface area contributed by atoms with Crippen molar-refractivity contribution in [1.82, 2.24) is 74.0 Å². The van der Waals surface area contributed by atoms with E-state index < -0.39 is 245 Å². The predicted molar refractivity (Wildman–Crippen MR) is 416 cm³/mol. The van der Waals surface area contributed by atoms with Gasteiger partial charge in [0.05, 0.1) is 22.6 Å². The van der Waals surface area contributed by atoms with E-state index in [9.17, 15) is 63.9 Å². The lowest BCUT2D eigenvalue weighted by atomic mass is 9.99. The van der Waals surface area contributed by atoms with E-state index in [0.717, 1.165) is 55.0 Å². The average Bonchev–Trinajstić information content (AvgIpc) is 1.30. The molecule has 13 atom stereocenters. The van der Waals surface area contributed by atoms with Crippen molar-refractivity contribution in [3.05, 3.63) is 57.2 Å². The maximum Gasteiger partial charge on any atom is 0.326 e. The van der Waals surface area contributed by atoms with Crippen LogP contribution >= 0.6 is 65.8 Å². The second-order valence-electron chi connectivity index (χ2n) is 27.2. The van der Waals surface area contributed by atoms with Crippen LogP contribution in [0, 0.1) is 8.98 Å². The molecule has 111 heavy (non-hydrogen) atoms. The summed E-state index contributed by atoms with van der Waals surface area (Å²) in [5.41, 5.74) is 22.9. The number of aliphatic hydroxyl groups excluding tert-OH is 1. The van der Waals surface area contributed by atoms with Gasteiger partial charge in [-0.25, -0.2) is 9.59 Å². The second-order valence-corrected chi connectivity index (χ2v) is 34.4. The SMILES string of the molecule is C[C@@H](O)[C@@H]1NC(=O)[C@H]2NC(=O)[C@H](NC(=O)CN)CSSC[C@H](NC(=O)[C@H](CCCNC(=N)N)NC(=O)[C@@H]3CCCN3C(=O)[C@H](CC(=O)O)NC1=O)C(=O)N[C@@H](CCCNC(N)=O)C(=O)N[C@@H](Cc1ccc(O)c(I)c1)C(=O)N[C@@H](CCC(N)=O)C(=O)N[C@H](C(=O)N[C@@H](Cc1ccc(O)cc1)C(=O)O)C(C)(C)SSC2(C)C. The first kappa shape index (κ1) is 92.3. The Labute approximate surface area is 666 Å². The number of carboxylic acid groups (broad SMARTS) is 2. The molecule has 0 saturated carbocycles. The molecule has 15 amide bonds. The van der Waals surface area contributed by atoms with E-state index in [-0.39, 0.29) is 72.4 Å². The fourth-order valence-electron chi connectivity index (χ4n) is 11.5.